The molecule has 0 aromatic heterocycles. The molecule has 0 spiro atoms. The number of alkyl carbamates (subject to hydrolysis) is 1. The highest BCUT2D eigenvalue weighted by Crippen LogP contribution is 2.52. The van der Waals surface area contributed by atoms with Crippen molar-refractivity contribution in [1.82, 2.24) is 25.3 Å². The molecule has 2 fully saturated rings. The highest BCUT2D eigenvalue weighted by Gasteiger charge is 2.49. The number of amides is 2. The number of nitrogens with zero attached hydrogens (tertiary/aromatic N) is 3. The zero-order valence-electron chi connectivity index (χ0n) is 24.1. The Balaban J connectivity index is 1.38. The predicted octanol–water partition coefficient (Wildman–Crippen LogP) is 0.143. The number of ether oxygens (including phenoxy) is 1. The Labute approximate surface area is 246 Å². The summed E-state index contributed by atoms with van der Waals surface area (Å²) in [5, 5.41) is 33.6. The summed E-state index contributed by atoms with van der Waals surface area (Å²) < 4.78 is 5.38. The third kappa shape index (κ3) is 11.6. The van der Waals surface area contributed by atoms with E-state index in [1.54, 1.807) is 14.7 Å². The first-order valence-electron chi connectivity index (χ1n) is 14.8. The summed E-state index contributed by atoms with van der Waals surface area (Å²) in [6.07, 6.45) is 8.31. The monoisotopic (exact) mass is 595 g/mol. The Morgan fingerprint density at radius 2 is 1.31 bits per heavy atom. The van der Waals surface area contributed by atoms with Crippen LogP contribution in [0.15, 0.2) is 12.2 Å². The first-order chi connectivity index (χ1) is 20.1. The molecule has 1 saturated heterocycles. The second-order valence-electron chi connectivity index (χ2n) is 11.3. The second-order valence-corrected chi connectivity index (χ2v) is 11.3. The average molecular weight is 596 g/mol. The molecule has 3 unspecified atom stereocenters. The number of carbonyl (C=O) groups is 5. The molecule has 14 nitrogen and oxygen atoms in total. The molecule has 1 aliphatic heterocycles. The minimum atomic E-state index is -1.11. The van der Waals surface area contributed by atoms with E-state index in [4.69, 9.17) is 4.74 Å². The average Bonchev–Trinajstić information content (AvgIpc) is 3.54. The van der Waals surface area contributed by atoms with Crippen LogP contribution in [0.3, 0.4) is 0 Å². The zero-order valence-corrected chi connectivity index (χ0v) is 24.1. The molecule has 1 saturated carbocycles. The van der Waals surface area contributed by atoms with Gasteiger partial charge < -0.3 is 30.7 Å². The van der Waals surface area contributed by atoms with Crippen LogP contribution in [-0.2, 0) is 23.9 Å². The van der Waals surface area contributed by atoms with E-state index >= 15 is 0 Å². The number of aliphatic carboxylic acids is 3. The first-order valence-corrected chi connectivity index (χ1v) is 14.8. The molecule has 1 heterocycles. The molecule has 14 heteroatoms. The summed E-state index contributed by atoms with van der Waals surface area (Å²) in [4.78, 5) is 64.1. The van der Waals surface area contributed by atoms with E-state index in [1.165, 1.54) is 0 Å². The third-order valence-corrected chi connectivity index (χ3v) is 8.36. The maximum absolute atomic E-state index is 12.4. The quantitative estimate of drug-likeness (QED) is 0.135. The van der Waals surface area contributed by atoms with Gasteiger partial charge in [-0.1, -0.05) is 12.2 Å². The molecule has 0 bridgehead atoms. The minimum absolute atomic E-state index is 0.0216. The van der Waals surface area contributed by atoms with Gasteiger partial charge >= 0.3 is 24.0 Å². The van der Waals surface area contributed by atoms with E-state index < -0.39 is 30.0 Å². The van der Waals surface area contributed by atoms with Crippen LogP contribution in [-0.4, -0.2) is 138 Å². The number of hydrogen-bond acceptors (Lipinski definition) is 9. The van der Waals surface area contributed by atoms with Crippen molar-refractivity contribution in [2.45, 2.75) is 44.6 Å². The fraction of sp³-hybridized carbons (Fsp3) is 0.750. The van der Waals surface area contributed by atoms with Gasteiger partial charge in [0.1, 0.15) is 6.04 Å². The number of rotatable bonds is 14. The highest BCUT2D eigenvalue weighted by atomic mass is 16.5. The molecule has 0 aromatic carbocycles. The third-order valence-electron chi connectivity index (χ3n) is 8.36. The molecule has 42 heavy (non-hydrogen) atoms. The number of allylic oxidation sites excluding steroid dienone is 2. The number of hydrogen-bond donors (Lipinski definition) is 5. The largest absolute Gasteiger partial charge is 0.480 e. The van der Waals surface area contributed by atoms with Crippen LogP contribution >= 0.6 is 0 Å². The van der Waals surface area contributed by atoms with Gasteiger partial charge in [0, 0.05) is 58.8 Å². The highest BCUT2D eigenvalue weighted by molar-refractivity contribution is 5.78. The Morgan fingerprint density at radius 1 is 0.786 bits per heavy atom. The molecule has 2 amide bonds. The summed E-state index contributed by atoms with van der Waals surface area (Å²) in [6, 6.07) is -1.00. The number of carboxylic acid groups (broad SMARTS) is 3. The van der Waals surface area contributed by atoms with Crippen molar-refractivity contribution in [3.05, 3.63) is 12.2 Å². The van der Waals surface area contributed by atoms with Gasteiger partial charge in [-0.05, 0) is 49.9 Å². The van der Waals surface area contributed by atoms with Crippen molar-refractivity contribution >= 4 is 29.9 Å². The standard InChI is InChI=1S/C28H45N5O9/c34-24(29-9-10-30-28(41)42-19-22-20-5-3-1-2-4-6-21(20)22)8-7-23(27(39)40)33-15-13-31(17-25(35)36)11-12-32(14-16-33)18-26(37)38/h1-2,20-23H,3-19H2,(H,29,34)(H,30,41)(H,35,36)(H,37,38)(H,39,40)/b2-1-. The molecule has 236 valence electrons. The minimum Gasteiger partial charge on any atom is -0.480 e. The molecular formula is C28H45N5O9. The van der Waals surface area contributed by atoms with Gasteiger partial charge in [-0.2, -0.15) is 0 Å². The Bertz CT molecular complexity index is 933. The van der Waals surface area contributed by atoms with Gasteiger partial charge in [0.25, 0.3) is 0 Å². The molecule has 3 rings (SSSR count). The Morgan fingerprint density at radius 3 is 1.83 bits per heavy atom. The van der Waals surface area contributed by atoms with E-state index in [2.05, 4.69) is 22.8 Å². The normalized spacial score (nSPS) is 25.2. The van der Waals surface area contributed by atoms with E-state index in [0.717, 1.165) is 25.7 Å². The molecule has 5 N–H and O–H groups in total. The topological polar surface area (TPSA) is 189 Å². The van der Waals surface area contributed by atoms with E-state index in [9.17, 15) is 39.3 Å². The van der Waals surface area contributed by atoms with Crippen LogP contribution in [0.4, 0.5) is 4.79 Å². The number of fused-ring (bicyclic) bond motifs is 1. The number of carboxylic acids is 3. The van der Waals surface area contributed by atoms with Crippen LogP contribution in [0.2, 0.25) is 0 Å². The van der Waals surface area contributed by atoms with Gasteiger partial charge in [0.2, 0.25) is 5.91 Å². The molecule has 0 aromatic rings. The van der Waals surface area contributed by atoms with Crippen LogP contribution < -0.4 is 10.6 Å². The Kier molecular flexibility index (Phi) is 13.5. The fourth-order valence-corrected chi connectivity index (χ4v) is 6.02. The summed E-state index contributed by atoms with van der Waals surface area (Å²) in [5.74, 6) is -1.83. The molecule has 2 aliphatic carbocycles. The van der Waals surface area contributed by atoms with Crippen LogP contribution in [0.25, 0.3) is 0 Å². The second kappa shape index (κ2) is 17.0. The first kappa shape index (κ1) is 33.3. The number of carbonyl (C=O) groups excluding carboxylic acids is 2. The van der Waals surface area contributed by atoms with Gasteiger partial charge in [0.15, 0.2) is 0 Å². The van der Waals surface area contributed by atoms with Crippen LogP contribution in [0, 0.1) is 17.8 Å². The molecule has 3 atom stereocenters. The summed E-state index contributed by atoms with van der Waals surface area (Å²) >= 11 is 0. The van der Waals surface area contributed by atoms with Crippen molar-refractivity contribution in [2.24, 2.45) is 17.8 Å². The maximum Gasteiger partial charge on any atom is 0.407 e. The lowest BCUT2D eigenvalue weighted by molar-refractivity contribution is -0.144. The summed E-state index contributed by atoms with van der Waals surface area (Å²) in [7, 11) is 0. The molecule has 0 radical (unpaired) electrons. The van der Waals surface area contributed by atoms with Crippen molar-refractivity contribution < 1.29 is 44.0 Å². The van der Waals surface area contributed by atoms with E-state index in [1.807, 2.05) is 0 Å². The van der Waals surface area contributed by atoms with Crippen molar-refractivity contribution in [2.75, 3.05) is 72.1 Å². The van der Waals surface area contributed by atoms with Gasteiger partial charge in [-0.3, -0.25) is 33.9 Å². The van der Waals surface area contributed by atoms with Crippen LogP contribution in [0.5, 0.6) is 0 Å². The van der Waals surface area contributed by atoms with Crippen molar-refractivity contribution in [3.63, 3.8) is 0 Å². The zero-order chi connectivity index (χ0) is 30.5. The predicted molar refractivity (Wildman–Crippen MR) is 151 cm³/mol. The molecular weight excluding hydrogens is 550 g/mol. The lowest BCUT2D eigenvalue weighted by Gasteiger charge is -2.30. The van der Waals surface area contributed by atoms with Gasteiger partial charge in [0.05, 0.1) is 19.7 Å². The Hall–Kier alpha value is -3.23. The molecule has 3 aliphatic rings. The van der Waals surface area contributed by atoms with E-state index in [0.29, 0.717) is 50.5 Å². The fourth-order valence-electron chi connectivity index (χ4n) is 6.02. The van der Waals surface area contributed by atoms with Crippen molar-refractivity contribution in [1.29, 1.82) is 0 Å². The smallest absolute Gasteiger partial charge is 0.407 e. The lowest BCUT2D eigenvalue weighted by atomic mass is 10.1. The summed E-state index contributed by atoms with van der Waals surface area (Å²) in [5.41, 5.74) is 0. The van der Waals surface area contributed by atoms with E-state index in [-0.39, 0.29) is 58.0 Å². The van der Waals surface area contributed by atoms with Gasteiger partial charge in [-0.25, -0.2) is 4.79 Å². The SMILES string of the molecule is O=C(O)CN1CCN(CC(=O)O)CCN(C(CCC(=O)NCCNC(=O)OCC2C3CC/C=C\CCC32)C(=O)O)CC1. The van der Waals surface area contributed by atoms with Crippen molar-refractivity contribution in [3.8, 4) is 0 Å². The van der Waals surface area contributed by atoms with Crippen LogP contribution in [0.1, 0.15) is 38.5 Å². The number of nitrogens with one attached hydrogen (secondary N) is 2. The lowest BCUT2D eigenvalue weighted by Crippen LogP contribution is -2.47. The maximum atomic E-state index is 12.4. The summed E-state index contributed by atoms with van der Waals surface area (Å²) in [6.45, 7) is 2.07. The van der Waals surface area contributed by atoms with Gasteiger partial charge in [-0.15, -0.1) is 0 Å².